The fraction of sp³-hybridized carbons (Fsp3) is 0.0769. The Hall–Kier alpha value is -4.72. The Bertz CT molecular complexity index is 1330. The highest BCUT2D eigenvalue weighted by Crippen LogP contribution is 2.23. The second kappa shape index (κ2) is 9.41. The van der Waals surface area contributed by atoms with E-state index in [1.54, 1.807) is 42.5 Å². The van der Waals surface area contributed by atoms with Crippen molar-refractivity contribution in [2.24, 2.45) is 0 Å². The molecule has 3 N–H and O–H groups in total. The summed E-state index contributed by atoms with van der Waals surface area (Å²) in [6, 6.07) is 20.2. The largest absolute Gasteiger partial charge is 0.478 e. The van der Waals surface area contributed by atoms with E-state index >= 15 is 0 Å². The smallest absolute Gasteiger partial charge is 0.335 e. The van der Waals surface area contributed by atoms with Crippen LogP contribution in [0.5, 0.6) is 0 Å². The van der Waals surface area contributed by atoms with Gasteiger partial charge in [-0.05, 0) is 65.6 Å². The third kappa shape index (κ3) is 5.02. The zero-order valence-electron chi connectivity index (χ0n) is 18.2. The van der Waals surface area contributed by atoms with Crippen LogP contribution >= 0.6 is 0 Å². The molecule has 3 aromatic rings. The zero-order valence-corrected chi connectivity index (χ0v) is 18.2. The third-order valence-corrected chi connectivity index (χ3v) is 5.23. The number of aromatic carboxylic acids is 1. The number of rotatable bonds is 6. The van der Waals surface area contributed by atoms with Gasteiger partial charge in [-0.2, -0.15) is 0 Å². The average Bonchev–Trinajstić information content (AvgIpc) is 3.06. The van der Waals surface area contributed by atoms with Crippen LogP contribution in [0.1, 0.15) is 21.5 Å². The number of carboxylic acids is 1. The highest BCUT2D eigenvalue weighted by atomic mass is 16.4. The van der Waals surface area contributed by atoms with E-state index in [1.807, 2.05) is 25.1 Å². The Labute approximate surface area is 195 Å². The summed E-state index contributed by atoms with van der Waals surface area (Å²) in [6.45, 7) is 1.48. The molecule has 0 saturated carbocycles. The zero-order chi connectivity index (χ0) is 24.2. The summed E-state index contributed by atoms with van der Waals surface area (Å²) in [7, 11) is 0. The van der Waals surface area contributed by atoms with Gasteiger partial charge in [0, 0.05) is 5.69 Å². The maximum absolute atomic E-state index is 12.8. The van der Waals surface area contributed by atoms with E-state index in [0.29, 0.717) is 11.3 Å². The predicted octanol–water partition coefficient (Wildman–Crippen LogP) is 3.89. The van der Waals surface area contributed by atoms with Crippen LogP contribution in [0.2, 0.25) is 0 Å². The van der Waals surface area contributed by atoms with Crippen LogP contribution in [0.15, 0.2) is 78.5 Å². The van der Waals surface area contributed by atoms with Crippen molar-refractivity contribution in [3.05, 3.63) is 95.2 Å². The number of carbonyl (C=O) groups is 4. The molecule has 0 atom stereocenters. The van der Waals surface area contributed by atoms with Crippen molar-refractivity contribution in [1.82, 2.24) is 10.2 Å². The highest BCUT2D eigenvalue weighted by Gasteiger charge is 2.34. The molecule has 1 aliphatic rings. The van der Waals surface area contributed by atoms with E-state index in [2.05, 4.69) is 10.6 Å². The fourth-order valence-electron chi connectivity index (χ4n) is 3.56. The lowest BCUT2D eigenvalue weighted by Crippen LogP contribution is -2.38. The Morgan fingerprint density at radius 3 is 2.41 bits per heavy atom. The minimum atomic E-state index is -1.00. The van der Waals surface area contributed by atoms with Gasteiger partial charge in [0.2, 0.25) is 5.91 Å². The summed E-state index contributed by atoms with van der Waals surface area (Å²) in [4.78, 5) is 49.3. The van der Waals surface area contributed by atoms with Crippen LogP contribution < -0.4 is 10.6 Å². The van der Waals surface area contributed by atoms with Gasteiger partial charge in [0.15, 0.2) is 0 Å². The highest BCUT2D eigenvalue weighted by molar-refractivity contribution is 6.16. The first-order chi connectivity index (χ1) is 16.3. The molecule has 4 amide bonds. The van der Waals surface area contributed by atoms with E-state index in [1.165, 1.54) is 18.2 Å². The lowest BCUT2D eigenvalue weighted by atomic mass is 10.0. The molecular weight excluding hydrogens is 434 g/mol. The number of anilines is 1. The van der Waals surface area contributed by atoms with Gasteiger partial charge in [-0.25, -0.2) is 14.5 Å². The summed E-state index contributed by atoms with van der Waals surface area (Å²) in [6.07, 6.45) is 1.54. The van der Waals surface area contributed by atoms with E-state index in [4.69, 9.17) is 5.11 Å². The third-order valence-electron chi connectivity index (χ3n) is 5.23. The minimum Gasteiger partial charge on any atom is -0.478 e. The number of aryl methyl sites for hydroxylation is 1. The molecule has 0 radical (unpaired) electrons. The van der Waals surface area contributed by atoms with Crippen LogP contribution in [0.3, 0.4) is 0 Å². The van der Waals surface area contributed by atoms with Crippen LogP contribution in [0.25, 0.3) is 17.2 Å². The standard InChI is InChI=1S/C26H21N3O5/c1-16-4-2-7-21(12-16)27-23(30)15-29-24(31)22(28-26(29)34)14-17-5-3-6-20(13-17)18-8-10-19(11-9-18)25(32)33/h2-14H,15H2,1H3,(H,27,30)(H,28,34)(H,32,33). The average molecular weight is 455 g/mol. The normalized spacial score (nSPS) is 14.3. The van der Waals surface area contributed by atoms with Crippen LogP contribution in [0, 0.1) is 6.92 Å². The molecule has 0 unspecified atom stereocenters. The first-order valence-corrected chi connectivity index (χ1v) is 10.4. The molecular formula is C26H21N3O5. The molecule has 3 aromatic carbocycles. The van der Waals surface area contributed by atoms with Crippen molar-refractivity contribution < 1.29 is 24.3 Å². The monoisotopic (exact) mass is 455 g/mol. The fourth-order valence-corrected chi connectivity index (χ4v) is 3.56. The molecule has 0 spiro atoms. The number of hydrogen-bond donors (Lipinski definition) is 3. The van der Waals surface area contributed by atoms with E-state index in [-0.39, 0.29) is 11.3 Å². The van der Waals surface area contributed by atoms with Gasteiger partial charge < -0.3 is 15.7 Å². The lowest BCUT2D eigenvalue weighted by Gasteiger charge is -2.12. The van der Waals surface area contributed by atoms with E-state index in [9.17, 15) is 19.2 Å². The number of nitrogens with one attached hydrogen (secondary N) is 2. The quantitative estimate of drug-likeness (QED) is 0.385. The number of carboxylic acid groups (broad SMARTS) is 1. The summed E-state index contributed by atoms with van der Waals surface area (Å²) < 4.78 is 0. The van der Waals surface area contributed by atoms with E-state index < -0.39 is 30.4 Å². The van der Waals surface area contributed by atoms with Gasteiger partial charge in [0.25, 0.3) is 5.91 Å². The van der Waals surface area contributed by atoms with Gasteiger partial charge in [-0.1, -0.05) is 42.5 Å². The Kier molecular flexibility index (Phi) is 6.22. The second-order valence-electron chi connectivity index (χ2n) is 7.81. The SMILES string of the molecule is Cc1cccc(NC(=O)CN2C(=O)NC(=Cc3cccc(-c4ccc(C(=O)O)cc4)c3)C2=O)c1. The first-order valence-electron chi connectivity index (χ1n) is 10.4. The molecule has 1 heterocycles. The van der Waals surface area contributed by atoms with Crippen molar-refractivity contribution >= 4 is 35.6 Å². The summed E-state index contributed by atoms with van der Waals surface area (Å²) in [5, 5.41) is 14.2. The number of carbonyl (C=O) groups excluding carboxylic acids is 3. The Balaban J connectivity index is 1.48. The summed E-state index contributed by atoms with van der Waals surface area (Å²) in [5.74, 6) is -2.08. The number of benzene rings is 3. The molecule has 0 aromatic heterocycles. The molecule has 8 heteroatoms. The number of hydrogen-bond acceptors (Lipinski definition) is 4. The molecule has 0 bridgehead atoms. The second-order valence-corrected chi connectivity index (χ2v) is 7.81. The maximum Gasteiger partial charge on any atom is 0.335 e. The number of imide groups is 1. The number of amides is 4. The summed E-state index contributed by atoms with van der Waals surface area (Å²) in [5.41, 5.74) is 4.09. The summed E-state index contributed by atoms with van der Waals surface area (Å²) >= 11 is 0. The Morgan fingerprint density at radius 1 is 0.971 bits per heavy atom. The van der Waals surface area contributed by atoms with Gasteiger partial charge in [-0.15, -0.1) is 0 Å². The molecule has 34 heavy (non-hydrogen) atoms. The molecule has 0 aliphatic carbocycles. The first kappa shape index (κ1) is 22.5. The number of urea groups is 1. The maximum atomic E-state index is 12.8. The van der Waals surface area contributed by atoms with Crippen molar-refractivity contribution in [2.45, 2.75) is 6.92 Å². The Morgan fingerprint density at radius 2 is 1.71 bits per heavy atom. The van der Waals surface area contributed by atoms with Crippen LogP contribution in [-0.4, -0.2) is 40.4 Å². The molecule has 1 fully saturated rings. The molecule has 1 saturated heterocycles. The van der Waals surface area contributed by atoms with E-state index in [0.717, 1.165) is 21.6 Å². The van der Waals surface area contributed by atoms with Crippen molar-refractivity contribution in [2.75, 3.05) is 11.9 Å². The van der Waals surface area contributed by atoms with Crippen LogP contribution in [0.4, 0.5) is 10.5 Å². The topological polar surface area (TPSA) is 116 Å². The van der Waals surface area contributed by atoms with Crippen molar-refractivity contribution in [3.8, 4) is 11.1 Å². The van der Waals surface area contributed by atoms with Gasteiger partial charge in [0.1, 0.15) is 12.2 Å². The number of nitrogens with zero attached hydrogens (tertiary/aromatic N) is 1. The minimum absolute atomic E-state index is 0.0618. The molecule has 8 nitrogen and oxygen atoms in total. The lowest BCUT2D eigenvalue weighted by molar-refractivity contribution is -0.127. The van der Waals surface area contributed by atoms with Gasteiger partial charge in [-0.3, -0.25) is 9.59 Å². The predicted molar refractivity (Wildman–Crippen MR) is 127 cm³/mol. The van der Waals surface area contributed by atoms with Crippen molar-refractivity contribution in [1.29, 1.82) is 0 Å². The van der Waals surface area contributed by atoms with Gasteiger partial charge in [0.05, 0.1) is 5.56 Å². The molecule has 170 valence electrons. The molecule has 4 rings (SSSR count). The van der Waals surface area contributed by atoms with Gasteiger partial charge >= 0.3 is 12.0 Å². The van der Waals surface area contributed by atoms with Crippen LogP contribution in [-0.2, 0) is 9.59 Å². The van der Waals surface area contributed by atoms with Crippen molar-refractivity contribution in [3.63, 3.8) is 0 Å². The molecule has 1 aliphatic heterocycles.